The van der Waals surface area contributed by atoms with Crippen molar-refractivity contribution in [3.05, 3.63) is 102 Å². The molecule has 0 heterocycles. The highest BCUT2D eigenvalue weighted by Crippen LogP contribution is 2.30. The number of halogens is 1. The maximum Gasteiger partial charge on any atom is 0.133 e. The van der Waals surface area contributed by atoms with Gasteiger partial charge in [0, 0.05) is 5.30 Å². The summed E-state index contributed by atoms with van der Waals surface area (Å²) in [5.74, 6) is -0.151. The zero-order valence-electron chi connectivity index (χ0n) is 16.0. The smallest absolute Gasteiger partial charge is 0.133 e. The van der Waals surface area contributed by atoms with E-state index < -0.39 is 0 Å². The number of hydrogen-bond acceptors (Lipinski definition) is 0. The summed E-state index contributed by atoms with van der Waals surface area (Å²) in [4.78, 5) is 0. The molecule has 138 valence electrons. The fourth-order valence-corrected chi connectivity index (χ4v) is 4.01. The van der Waals surface area contributed by atoms with Crippen molar-refractivity contribution >= 4 is 14.5 Å². The molecule has 0 nitrogen and oxygen atoms in total. The SMILES string of the molecule is Cc1cc(-c2ccc(-c3ccccc3)cc2)ccc1-c1cc(C)c(F)c(P)c1. The number of benzene rings is 4. The normalized spacial score (nSPS) is 10.9. The third kappa shape index (κ3) is 3.63. The molecule has 1 unspecified atom stereocenters. The van der Waals surface area contributed by atoms with Gasteiger partial charge in [0.1, 0.15) is 5.82 Å². The van der Waals surface area contributed by atoms with Gasteiger partial charge in [0.2, 0.25) is 0 Å². The minimum Gasteiger partial charge on any atom is -0.206 e. The minimum atomic E-state index is -0.151. The van der Waals surface area contributed by atoms with E-state index in [1.54, 1.807) is 0 Å². The number of hydrogen-bond donors (Lipinski definition) is 0. The predicted octanol–water partition coefficient (Wildman–Crippen LogP) is 6.94. The maximum atomic E-state index is 13.9. The molecule has 2 heteroatoms. The topological polar surface area (TPSA) is 0 Å². The highest BCUT2D eigenvalue weighted by Gasteiger charge is 2.09. The molecule has 0 saturated heterocycles. The quantitative estimate of drug-likeness (QED) is 0.336. The molecule has 0 amide bonds. The second-order valence-electron chi connectivity index (χ2n) is 7.17. The minimum absolute atomic E-state index is 0.151. The van der Waals surface area contributed by atoms with E-state index >= 15 is 0 Å². The molecule has 1 atom stereocenters. The molecule has 0 aliphatic heterocycles. The first-order valence-electron chi connectivity index (χ1n) is 9.35. The van der Waals surface area contributed by atoms with Crippen LogP contribution in [0.15, 0.2) is 84.9 Å². The second kappa shape index (κ2) is 7.70. The van der Waals surface area contributed by atoms with E-state index in [0.29, 0.717) is 10.9 Å². The molecule has 0 fully saturated rings. The molecule has 0 radical (unpaired) electrons. The Bertz CT molecular complexity index is 1110. The van der Waals surface area contributed by atoms with Gasteiger partial charge in [-0.1, -0.05) is 72.8 Å². The van der Waals surface area contributed by atoms with Crippen LogP contribution in [0.25, 0.3) is 33.4 Å². The Labute approximate surface area is 168 Å². The zero-order chi connectivity index (χ0) is 19.7. The first-order chi connectivity index (χ1) is 13.5. The summed E-state index contributed by atoms with van der Waals surface area (Å²) in [5.41, 5.74) is 8.85. The van der Waals surface area contributed by atoms with Crippen molar-refractivity contribution in [3.63, 3.8) is 0 Å². The standard InChI is InChI=1S/C26H22FP/c1-17-14-22(12-13-24(17)23-15-18(2)26(27)25(28)16-23)21-10-8-20(9-11-21)19-6-4-3-5-7-19/h3-16H,28H2,1-2H3. The van der Waals surface area contributed by atoms with Crippen LogP contribution in [0.2, 0.25) is 0 Å². The lowest BCUT2D eigenvalue weighted by atomic mass is 9.94. The Morgan fingerprint density at radius 2 is 1.11 bits per heavy atom. The van der Waals surface area contributed by atoms with Crippen molar-refractivity contribution in [2.75, 3.05) is 0 Å². The van der Waals surface area contributed by atoms with Crippen LogP contribution in [0.3, 0.4) is 0 Å². The molecule has 4 aromatic carbocycles. The molecule has 0 spiro atoms. The Kier molecular flexibility index (Phi) is 5.11. The van der Waals surface area contributed by atoms with Gasteiger partial charge in [-0.25, -0.2) is 4.39 Å². The van der Waals surface area contributed by atoms with Crippen molar-refractivity contribution in [1.82, 2.24) is 0 Å². The van der Waals surface area contributed by atoms with Gasteiger partial charge in [0.05, 0.1) is 0 Å². The lowest BCUT2D eigenvalue weighted by Gasteiger charge is -2.12. The van der Waals surface area contributed by atoms with Crippen LogP contribution in [-0.4, -0.2) is 0 Å². The monoisotopic (exact) mass is 384 g/mol. The summed E-state index contributed by atoms with van der Waals surface area (Å²) < 4.78 is 13.9. The maximum absolute atomic E-state index is 13.9. The highest BCUT2D eigenvalue weighted by molar-refractivity contribution is 7.27. The molecule has 0 aliphatic carbocycles. The van der Waals surface area contributed by atoms with Gasteiger partial charge in [-0.3, -0.25) is 0 Å². The van der Waals surface area contributed by atoms with Gasteiger partial charge in [-0.05, 0) is 70.5 Å². The largest absolute Gasteiger partial charge is 0.206 e. The van der Waals surface area contributed by atoms with Crippen molar-refractivity contribution in [1.29, 1.82) is 0 Å². The Balaban J connectivity index is 1.67. The predicted molar refractivity (Wildman–Crippen MR) is 122 cm³/mol. The molecule has 4 rings (SSSR count). The van der Waals surface area contributed by atoms with Gasteiger partial charge in [0.25, 0.3) is 0 Å². The van der Waals surface area contributed by atoms with Crippen LogP contribution in [0, 0.1) is 19.7 Å². The van der Waals surface area contributed by atoms with Crippen LogP contribution >= 0.6 is 9.24 Å². The zero-order valence-corrected chi connectivity index (χ0v) is 17.2. The summed E-state index contributed by atoms with van der Waals surface area (Å²) in [5, 5.41) is 0.606. The van der Waals surface area contributed by atoms with E-state index in [4.69, 9.17) is 0 Å². The highest BCUT2D eigenvalue weighted by atomic mass is 31.0. The summed E-state index contributed by atoms with van der Waals surface area (Å²) in [6.07, 6.45) is 0. The third-order valence-corrected chi connectivity index (χ3v) is 5.57. The fraction of sp³-hybridized carbons (Fsp3) is 0.0769. The average Bonchev–Trinajstić information content (AvgIpc) is 2.72. The molecule has 0 aromatic heterocycles. The Morgan fingerprint density at radius 1 is 0.571 bits per heavy atom. The van der Waals surface area contributed by atoms with Gasteiger partial charge in [0.15, 0.2) is 0 Å². The van der Waals surface area contributed by atoms with Gasteiger partial charge in [-0.15, -0.1) is 9.24 Å². The van der Waals surface area contributed by atoms with E-state index in [-0.39, 0.29) is 5.82 Å². The Morgan fingerprint density at radius 3 is 1.71 bits per heavy atom. The average molecular weight is 384 g/mol. The number of aryl methyl sites for hydroxylation is 2. The van der Waals surface area contributed by atoms with E-state index in [1.807, 2.05) is 25.1 Å². The first-order valence-corrected chi connectivity index (χ1v) is 9.93. The summed E-state index contributed by atoms with van der Waals surface area (Å²) in [6.45, 7) is 3.92. The Hall–Kier alpha value is -2.76. The molecule has 0 aliphatic rings. The summed E-state index contributed by atoms with van der Waals surface area (Å²) in [6, 6.07) is 29.3. The van der Waals surface area contributed by atoms with E-state index in [9.17, 15) is 4.39 Å². The molecule has 28 heavy (non-hydrogen) atoms. The molecule has 4 aromatic rings. The second-order valence-corrected chi connectivity index (χ2v) is 7.79. The summed E-state index contributed by atoms with van der Waals surface area (Å²) in [7, 11) is 2.49. The lowest BCUT2D eigenvalue weighted by molar-refractivity contribution is 0.627. The number of rotatable bonds is 3. The van der Waals surface area contributed by atoms with Gasteiger partial charge >= 0.3 is 0 Å². The fourth-order valence-electron chi connectivity index (χ4n) is 3.61. The molecular weight excluding hydrogens is 362 g/mol. The van der Waals surface area contributed by atoms with Crippen molar-refractivity contribution in [3.8, 4) is 33.4 Å². The first kappa shape index (κ1) is 18.6. The van der Waals surface area contributed by atoms with Crippen LogP contribution in [0.1, 0.15) is 11.1 Å². The van der Waals surface area contributed by atoms with E-state index in [0.717, 1.165) is 11.1 Å². The van der Waals surface area contributed by atoms with Crippen LogP contribution in [0.5, 0.6) is 0 Å². The molecule has 0 bridgehead atoms. The van der Waals surface area contributed by atoms with Crippen LogP contribution < -0.4 is 5.30 Å². The van der Waals surface area contributed by atoms with Gasteiger partial charge in [-0.2, -0.15) is 0 Å². The van der Waals surface area contributed by atoms with Crippen LogP contribution in [0.4, 0.5) is 4.39 Å². The third-order valence-electron chi connectivity index (χ3n) is 5.15. The van der Waals surface area contributed by atoms with Gasteiger partial charge < -0.3 is 0 Å². The van der Waals surface area contributed by atoms with Crippen molar-refractivity contribution in [2.45, 2.75) is 13.8 Å². The van der Waals surface area contributed by atoms with Crippen LogP contribution in [-0.2, 0) is 0 Å². The van der Waals surface area contributed by atoms with Crippen molar-refractivity contribution in [2.24, 2.45) is 0 Å². The molecule has 0 saturated carbocycles. The lowest BCUT2D eigenvalue weighted by Crippen LogP contribution is -2.02. The van der Waals surface area contributed by atoms with E-state index in [2.05, 4.69) is 82.9 Å². The van der Waals surface area contributed by atoms with E-state index in [1.165, 1.54) is 27.8 Å². The molecule has 0 N–H and O–H groups in total. The van der Waals surface area contributed by atoms with Crippen molar-refractivity contribution < 1.29 is 4.39 Å². The summed E-state index contributed by atoms with van der Waals surface area (Å²) >= 11 is 0. The molecular formula is C26H22FP.